The number of rotatable bonds is 9. The first kappa shape index (κ1) is 23.9. The Morgan fingerprint density at radius 2 is 1.93 bits per heavy atom. The highest BCUT2D eigenvalue weighted by Crippen LogP contribution is 2.46. The smallest absolute Gasteiger partial charge is 0.191 e. The molecule has 0 heterocycles. The lowest BCUT2D eigenvalue weighted by Gasteiger charge is -2.18. The van der Waals surface area contributed by atoms with Crippen LogP contribution in [0.3, 0.4) is 0 Å². The topological polar surface area (TPSA) is 79.8 Å². The average Bonchev–Trinajstić information content (AvgIpc) is 3.30. The lowest BCUT2D eigenvalue weighted by molar-refractivity contribution is 0.223. The second-order valence-corrected chi connectivity index (χ2v) is 9.17. The molecule has 1 unspecified atom stereocenters. The van der Waals surface area contributed by atoms with E-state index in [1.54, 1.807) is 12.1 Å². The zero-order valence-corrected chi connectivity index (χ0v) is 19.1. The first-order valence-electron chi connectivity index (χ1n) is 8.83. The molecule has 6 nitrogen and oxygen atoms in total. The number of ether oxygens (including phenoxy) is 1. The minimum Gasteiger partial charge on any atom is -0.489 e. The maximum absolute atomic E-state index is 12.9. The quantitative estimate of drug-likeness (QED) is 0.302. The molecule has 0 radical (unpaired) electrons. The van der Waals surface area contributed by atoms with Crippen LogP contribution >= 0.6 is 24.0 Å². The number of halogens is 2. The number of nitrogens with zero attached hydrogens (tertiary/aromatic N) is 1. The summed E-state index contributed by atoms with van der Waals surface area (Å²) in [7, 11) is -3.00. The van der Waals surface area contributed by atoms with E-state index in [1.165, 1.54) is 18.4 Å². The summed E-state index contributed by atoms with van der Waals surface area (Å²) in [5.41, 5.74) is -0.202. The molecule has 9 heteroatoms. The van der Waals surface area contributed by atoms with Gasteiger partial charge in [-0.1, -0.05) is 0 Å². The lowest BCUT2D eigenvalue weighted by atomic mass is 10.1. The monoisotopic (exact) mass is 513 g/mol. The fourth-order valence-electron chi connectivity index (χ4n) is 2.70. The predicted octanol–water partition coefficient (Wildman–Crippen LogP) is 2.59. The third-order valence-electron chi connectivity index (χ3n) is 4.15. The van der Waals surface area contributed by atoms with E-state index in [0.717, 1.165) is 12.8 Å². The van der Waals surface area contributed by atoms with E-state index < -0.39 is 9.84 Å². The molecule has 1 saturated carbocycles. The van der Waals surface area contributed by atoms with Crippen LogP contribution in [0.2, 0.25) is 0 Å². The SMILES string of the molecule is CCNC(=NCC1(CS(C)(=O)=O)CC1)NCC(C)Oc1ccc(F)cc1.I. The van der Waals surface area contributed by atoms with Gasteiger partial charge in [0.05, 0.1) is 12.3 Å². The van der Waals surface area contributed by atoms with Crippen LogP contribution in [0, 0.1) is 11.2 Å². The van der Waals surface area contributed by atoms with Crippen LogP contribution in [-0.2, 0) is 9.84 Å². The Kier molecular flexibility index (Phi) is 9.26. The summed E-state index contributed by atoms with van der Waals surface area (Å²) in [6, 6.07) is 5.90. The Bertz CT molecular complexity index is 722. The van der Waals surface area contributed by atoms with Crippen molar-refractivity contribution in [3.8, 4) is 5.75 Å². The molecular formula is C18H29FIN3O3S. The molecule has 1 aromatic carbocycles. The summed E-state index contributed by atoms with van der Waals surface area (Å²) in [5, 5.41) is 6.36. The van der Waals surface area contributed by atoms with Gasteiger partial charge in [-0.15, -0.1) is 24.0 Å². The van der Waals surface area contributed by atoms with E-state index in [-0.39, 0.29) is 47.1 Å². The molecule has 27 heavy (non-hydrogen) atoms. The van der Waals surface area contributed by atoms with Crippen LogP contribution in [0.5, 0.6) is 5.75 Å². The molecule has 1 aliphatic carbocycles. The van der Waals surface area contributed by atoms with Crippen LogP contribution in [0.4, 0.5) is 4.39 Å². The van der Waals surface area contributed by atoms with Crippen molar-refractivity contribution >= 4 is 39.8 Å². The van der Waals surface area contributed by atoms with Gasteiger partial charge in [-0.2, -0.15) is 0 Å². The summed E-state index contributed by atoms with van der Waals surface area (Å²) in [6.07, 6.45) is 2.92. The van der Waals surface area contributed by atoms with E-state index in [2.05, 4.69) is 15.6 Å². The van der Waals surface area contributed by atoms with Gasteiger partial charge in [0, 0.05) is 24.8 Å². The van der Waals surface area contributed by atoms with Gasteiger partial charge in [-0.25, -0.2) is 12.8 Å². The van der Waals surface area contributed by atoms with Crippen LogP contribution < -0.4 is 15.4 Å². The highest BCUT2D eigenvalue weighted by Gasteiger charge is 2.45. The van der Waals surface area contributed by atoms with Crippen molar-refractivity contribution in [3.63, 3.8) is 0 Å². The van der Waals surface area contributed by atoms with Gasteiger partial charge in [0.15, 0.2) is 5.96 Å². The highest BCUT2D eigenvalue weighted by molar-refractivity contribution is 14.0. The molecule has 1 fully saturated rings. The average molecular weight is 513 g/mol. The third-order valence-corrected chi connectivity index (χ3v) is 5.29. The molecule has 0 aromatic heterocycles. The standard InChI is InChI=1S/C18H28FN3O3S.HI/c1-4-20-17(22-12-18(9-10-18)13-26(3,23)24)21-11-14(2)25-16-7-5-15(19)6-8-16;/h5-8,14H,4,9-13H2,1-3H3,(H2,20,21,22);1H. The molecule has 2 rings (SSSR count). The van der Waals surface area contributed by atoms with Crippen molar-refractivity contribution in [2.75, 3.05) is 31.6 Å². The zero-order valence-electron chi connectivity index (χ0n) is 16.0. The first-order chi connectivity index (χ1) is 12.2. The number of hydrogen-bond donors (Lipinski definition) is 2. The summed E-state index contributed by atoms with van der Waals surface area (Å²) in [5.74, 6) is 1.13. The maximum Gasteiger partial charge on any atom is 0.191 e. The van der Waals surface area contributed by atoms with E-state index >= 15 is 0 Å². The van der Waals surface area contributed by atoms with Gasteiger partial charge in [0.25, 0.3) is 0 Å². The second kappa shape index (κ2) is 10.4. The van der Waals surface area contributed by atoms with E-state index in [9.17, 15) is 12.8 Å². The van der Waals surface area contributed by atoms with E-state index in [0.29, 0.717) is 31.3 Å². The summed E-state index contributed by atoms with van der Waals surface area (Å²) in [6.45, 7) is 5.59. The number of aliphatic imine (C=N–C) groups is 1. The number of hydrogen-bond acceptors (Lipinski definition) is 4. The number of guanidine groups is 1. The predicted molar refractivity (Wildman–Crippen MR) is 117 cm³/mol. The van der Waals surface area contributed by atoms with Crippen molar-refractivity contribution in [2.24, 2.45) is 10.4 Å². The van der Waals surface area contributed by atoms with Crippen LogP contribution in [0.25, 0.3) is 0 Å². The van der Waals surface area contributed by atoms with Crippen molar-refractivity contribution in [3.05, 3.63) is 30.1 Å². The molecule has 1 atom stereocenters. The van der Waals surface area contributed by atoms with Gasteiger partial charge >= 0.3 is 0 Å². The van der Waals surface area contributed by atoms with Gasteiger partial charge in [0.1, 0.15) is 27.5 Å². The normalized spacial score (nSPS) is 16.8. The molecule has 0 aliphatic heterocycles. The summed E-state index contributed by atoms with van der Waals surface area (Å²) in [4.78, 5) is 4.55. The molecule has 0 saturated heterocycles. The molecule has 2 N–H and O–H groups in total. The Morgan fingerprint density at radius 1 is 1.30 bits per heavy atom. The zero-order chi connectivity index (χ0) is 19.2. The minimum atomic E-state index is -3.00. The third kappa shape index (κ3) is 9.09. The van der Waals surface area contributed by atoms with Gasteiger partial charge in [0.2, 0.25) is 0 Å². The Hall–Kier alpha value is -1.10. The molecule has 1 aliphatic rings. The summed E-state index contributed by atoms with van der Waals surface area (Å²) >= 11 is 0. The van der Waals surface area contributed by atoms with Gasteiger partial charge in [-0.05, 0) is 51.0 Å². The fraction of sp³-hybridized carbons (Fsp3) is 0.611. The van der Waals surface area contributed by atoms with Crippen molar-refractivity contribution in [1.29, 1.82) is 0 Å². The molecule has 0 spiro atoms. The number of benzene rings is 1. The maximum atomic E-state index is 12.9. The van der Waals surface area contributed by atoms with Gasteiger partial charge < -0.3 is 15.4 Å². The van der Waals surface area contributed by atoms with Crippen LogP contribution in [0.1, 0.15) is 26.7 Å². The van der Waals surface area contributed by atoms with E-state index in [1.807, 2.05) is 13.8 Å². The van der Waals surface area contributed by atoms with Crippen LogP contribution in [-0.4, -0.2) is 52.1 Å². The Balaban J connectivity index is 0.00000364. The molecule has 0 bridgehead atoms. The Labute approximate surface area is 178 Å². The fourth-order valence-corrected chi connectivity index (χ4v) is 4.19. The largest absolute Gasteiger partial charge is 0.489 e. The molecule has 0 amide bonds. The van der Waals surface area contributed by atoms with Crippen molar-refractivity contribution in [1.82, 2.24) is 10.6 Å². The highest BCUT2D eigenvalue weighted by atomic mass is 127. The number of sulfone groups is 1. The molecule has 154 valence electrons. The molecule has 1 aromatic rings. The molecular weight excluding hydrogens is 484 g/mol. The lowest BCUT2D eigenvalue weighted by Crippen LogP contribution is -2.42. The second-order valence-electron chi connectivity index (χ2n) is 7.03. The van der Waals surface area contributed by atoms with Crippen molar-refractivity contribution < 1.29 is 17.5 Å². The number of nitrogens with one attached hydrogen (secondary N) is 2. The summed E-state index contributed by atoms with van der Waals surface area (Å²) < 4.78 is 41.7. The first-order valence-corrected chi connectivity index (χ1v) is 10.9. The minimum absolute atomic E-state index is 0. The van der Waals surface area contributed by atoms with Crippen molar-refractivity contribution in [2.45, 2.75) is 32.8 Å². The Morgan fingerprint density at radius 3 is 2.44 bits per heavy atom. The van der Waals surface area contributed by atoms with Gasteiger partial charge in [-0.3, -0.25) is 4.99 Å². The van der Waals surface area contributed by atoms with Crippen LogP contribution in [0.15, 0.2) is 29.3 Å². The van der Waals surface area contributed by atoms with E-state index in [4.69, 9.17) is 4.74 Å².